The van der Waals surface area contributed by atoms with E-state index in [1.165, 1.54) is 87.0 Å². The number of fused-ring (bicyclic) bond motifs is 17. The molecular weight excluding hydrogens is 476 g/mol. The third-order valence-electron chi connectivity index (χ3n) is 9.15. The molecule has 0 atom stereocenters. The third kappa shape index (κ3) is 1.92. The van der Waals surface area contributed by atoms with Crippen molar-refractivity contribution in [2.45, 2.75) is 0 Å². The van der Waals surface area contributed by atoms with Gasteiger partial charge in [-0.05, 0) is 36.4 Å². The molecule has 11 aromatic rings. The molecule has 6 aromatic carbocycles. The molecule has 0 aliphatic rings. The van der Waals surface area contributed by atoms with Crippen molar-refractivity contribution in [2.75, 3.05) is 0 Å². The van der Waals surface area contributed by atoms with Gasteiger partial charge in [0.15, 0.2) is 0 Å². The summed E-state index contributed by atoms with van der Waals surface area (Å²) in [5.74, 6) is 0. The fraction of sp³-hybridized carbons (Fsp3) is 0. The number of rotatable bonds is 0. The predicted octanol–water partition coefficient (Wildman–Crippen LogP) is 9.89. The summed E-state index contributed by atoms with van der Waals surface area (Å²) < 4.78 is 11.6. The van der Waals surface area contributed by atoms with Crippen LogP contribution in [0.25, 0.3) is 98.1 Å². The molecule has 3 nitrogen and oxygen atoms in total. The summed E-state index contributed by atoms with van der Waals surface area (Å²) in [7, 11) is 0. The van der Waals surface area contributed by atoms with E-state index in [0.717, 1.165) is 11.2 Å². The third-order valence-corrected chi connectivity index (χ3v) is 9.15. The van der Waals surface area contributed by atoms with E-state index in [1.807, 2.05) is 0 Å². The molecule has 0 radical (unpaired) electrons. The van der Waals surface area contributed by atoms with E-state index in [1.54, 1.807) is 0 Å². The van der Waals surface area contributed by atoms with E-state index in [2.05, 4.69) is 118 Å². The molecule has 0 aliphatic carbocycles. The lowest BCUT2D eigenvalue weighted by Crippen LogP contribution is -1.82. The Hall–Kier alpha value is -5.28. The molecule has 5 aromatic heterocycles. The number of para-hydroxylation sites is 4. The highest BCUT2D eigenvalue weighted by Crippen LogP contribution is 2.49. The minimum atomic E-state index is 0.937. The number of hydrogen-bond donors (Lipinski definition) is 0. The van der Waals surface area contributed by atoms with Crippen molar-refractivity contribution in [1.82, 2.24) is 8.80 Å². The number of aromatic nitrogens is 2. The van der Waals surface area contributed by atoms with Crippen molar-refractivity contribution in [1.29, 1.82) is 0 Å². The van der Waals surface area contributed by atoms with Crippen LogP contribution in [0.3, 0.4) is 0 Å². The van der Waals surface area contributed by atoms with Crippen LogP contribution in [0.1, 0.15) is 0 Å². The lowest BCUT2D eigenvalue weighted by molar-refractivity contribution is 0.673. The van der Waals surface area contributed by atoms with Gasteiger partial charge in [-0.2, -0.15) is 0 Å². The van der Waals surface area contributed by atoms with Crippen molar-refractivity contribution in [3.05, 3.63) is 109 Å². The van der Waals surface area contributed by atoms with Gasteiger partial charge >= 0.3 is 0 Å². The highest BCUT2D eigenvalue weighted by molar-refractivity contribution is 6.38. The maximum atomic E-state index is 6.60. The zero-order chi connectivity index (χ0) is 25.0. The van der Waals surface area contributed by atoms with Crippen LogP contribution in [0.2, 0.25) is 0 Å². The summed E-state index contributed by atoms with van der Waals surface area (Å²) in [6.07, 6.45) is 0. The number of furan rings is 1. The summed E-state index contributed by atoms with van der Waals surface area (Å²) in [5.41, 5.74) is 9.49. The molecule has 0 bridgehead atoms. The van der Waals surface area contributed by atoms with Crippen LogP contribution in [0.4, 0.5) is 0 Å². The van der Waals surface area contributed by atoms with Gasteiger partial charge in [-0.25, -0.2) is 0 Å². The van der Waals surface area contributed by atoms with Gasteiger partial charge in [0.25, 0.3) is 0 Å². The average Bonchev–Trinajstić information content (AvgIpc) is 3.76. The van der Waals surface area contributed by atoms with E-state index in [4.69, 9.17) is 4.42 Å². The lowest BCUT2D eigenvalue weighted by Gasteiger charge is -2.02. The molecule has 11 rings (SSSR count). The smallest absolute Gasteiger partial charge is 0.145 e. The largest absolute Gasteiger partial charge is 0.455 e. The molecule has 0 unspecified atom stereocenters. The molecule has 0 aliphatic heterocycles. The van der Waals surface area contributed by atoms with Gasteiger partial charge in [-0.15, -0.1) is 0 Å². The van der Waals surface area contributed by atoms with E-state index in [-0.39, 0.29) is 0 Å². The monoisotopic (exact) mass is 494 g/mol. The van der Waals surface area contributed by atoms with Gasteiger partial charge in [0.05, 0.1) is 38.5 Å². The zero-order valence-corrected chi connectivity index (χ0v) is 20.7. The Morgan fingerprint density at radius 1 is 0.385 bits per heavy atom. The Morgan fingerprint density at radius 3 is 1.92 bits per heavy atom. The molecule has 0 N–H and O–H groups in total. The minimum absolute atomic E-state index is 0.937. The number of benzene rings is 6. The molecular formula is C36H18N2O. The second-order valence-electron chi connectivity index (χ2n) is 10.9. The van der Waals surface area contributed by atoms with E-state index < -0.39 is 0 Å². The van der Waals surface area contributed by atoms with Crippen molar-refractivity contribution in [3.8, 4) is 0 Å². The maximum Gasteiger partial charge on any atom is 0.145 e. The van der Waals surface area contributed by atoms with Crippen LogP contribution < -0.4 is 0 Å². The quantitative estimate of drug-likeness (QED) is 0.206. The first kappa shape index (κ1) is 18.9. The first-order valence-electron chi connectivity index (χ1n) is 13.5. The standard InChI is InChI=1S/C36H18N2O/c1-4-13-27-19(8-1)21-11-7-12-22-25-18-26-31-29(17-16-23-20-9-3-6-15-30(20)39-36(23)31)37-28-14-5-2-10-24(28)32(35(26)37)34(25)38(27)33(21)22/h1-18H. The van der Waals surface area contributed by atoms with Crippen LogP contribution in [-0.4, -0.2) is 8.80 Å². The lowest BCUT2D eigenvalue weighted by atomic mass is 10.0. The summed E-state index contributed by atoms with van der Waals surface area (Å²) >= 11 is 0. The SMILES string of the molecule is c1ccc2c(c1)oc1c2ccc2c1c1cc3c4cccc5c6ccccc6n(c54)c3c3c4ccccc4n2c13. The molecule has 0 amide bonds. The van der Waals surface area contributed by atoms with Crippen molar-refractivity contribution in [3.63, 3.8) is 0 Å². The molecule has 0 fully saturated rings. The average molecular weight is 495 g/mol. The summed E-state index contributed by atoms with van der Waals surface area (Å²) in [6, 6.07) is 39.8. The Bertz CT molecular complexity index is 2820. The fourth-order valence-electron chi connectivity index (χ4n) is 7.72. The topological polar surface area (TPSA) is 22.0 Å². The Balaban J connectivity index is 1.53. The normalized spacial score (nSPS) is 13.1. The van der Waals surface area contributed by atoms with E-state index >= 15 is 0 Å². The highest BCUT2D eigenvalue weighted by atomic mass is 16.3. The van der Waals surface area contributed by atoms with Crippen LogP contribution in [-0.2, 0) is 0 Å². The molecule has 0 saturated heterocycles. The van der Waals surface area contributed by atoms with Gasteiger partial charge in [0, 0.05) is 48.5 Å². The van der Waals surface area contributed by atoms with Crippen LogP contribution >= 0.6 is 0 Å². The van der Waals surface area contributed by atoms with Gasteiger partial charge in [-0.1, -0.05) is 72.8 Å². The van der Waals surface area contributed by atoms with Crippen LogP contribution in [0.15, 0.2) is 114 Å². The van der Waals surface area contributed by atoms with Crippen LogP contribution in [0.5, 0.6) is 0 Å². The molecule has 0 spiro atoms. The first-order chi connectivity index (χ1) is 19.4. The van der Waals surface area contributed by atoms with E-state index in [0.29, 0.717) is 0 Å². The Labute approximate surface area is 220 Å². The van der Waals surface area contributed by atoms with Gasteiger partial charge < -0.3 is 13.2 Å². The first-order valence-corrected chi connectivity index (χ1v) is 13.5. The zero-order valence-electron chi connectivity index (χ0n) is 20.7. The molecule has 0 saturated carbocycles. The van der Waals surface area contributed by atoms with Crippen molar-refractivity contribution >= 4 is 98.1 Å². The maximum absolute atomic E-state index is 6.60. The molecule has 5 heterocycles. The van der Waals surface area contributed by atoms with Gasteiger partial charge in [-0.3, -0.25) is 0 Å². The highest BCUT2D eigenvalue weighted by Gasteiger charge is 2.26. The number of nitrogens with zero attached hydrogens (tertiary/aromatic N) is 2. The van der Waals surface area contributed by atoms with Crippen molar-refractivity contribution < 1.29 is 4.42 Å². The fourth-order valence-corrected chi connectivity index (χ4v) is 7.72. The Kier molecular flexibility index (Phi) is 2.93. The van der Waals surface area contributed by atoms with Gasteiger partial charge in [0.2, 0.25) is 0 Å². The molecule has 178 valence electrons. The predicted molar refractivity (Wildman–Crippen MR) is 163 cm³/mol. The minimum Gasteiger partial charge on any atom is -0.455 e. The summed E-state index contributed by atoms with van der Waals surface area (Å²) in [6.45, 7) is 0. The van der Waals surface area contributed by atoms with Crippen LogP contribution in [0, 0.1) is 0 Å². The summed E-state index contributed by atoms with van der Waals surface area (Å²) in [5, 5.41) is 12.6. The second-order valence-corrected chi connectivity index (χ2v) is 10.9. The van der Waals surface area contributed by atoms with E-state index in [9.17, 15) is 0 Å². The second kappa shape index (κ2) is 6.06. The number of hydrogen-bond acceptors (Lipinski definition) is 1. The Morgan fingerprint density at radius 2 is 1.05 bits per heavy atom. The molecule has 3 heteroatoms. The molecule has 39 heavy (non-hydrogen) atoms. The summed E-state index contributed by atoms with van der Waals surface area (Å²) in [4.78, 5) is 0. The van der Waals surface area contributed by atoms with Gasteiger partial charge in [0.1, 0.15) is 11.2 Å². The van der Waals surface area contributed by atoms with Crippen molar-refractivity contribution in [2.24, 2.45) is 0 Å².